The Hall–Kier alpha value is -1.86. The van der Waals surface area contributed by atoms with Gasteiger partial charge in [-0.2, -0.15) is 0 Å². The third kappa shape index (κ3) is 39.2. The summed E-state index contributed by atoms with van der Waals surface area (Å²) >= 11 is 0. The highest BCUT2D eigenvalue weighted by molar-refractivity contribution is 5.80. The fourth-order valence-electron chi connectivity index (χ4n) is 9.88. The minimum atomic E-state index is -1.61. The molecule has 1 aliphatic rings. The molecule has 1 saturated heterocycles. The predicted molar refractivity (Wildman–Crippen MR) is 301 cm³/mol. The molecule has 0 bridgehead atoms. The summed E-state index contributed by atoms with van der Waals surface area (Å²) < 4.78 is 17.6. The molecule has 1 fully saturated rings. The number of ether oxygens (including phenoxy) is 3. The van der Waals surface area contributed by atoms with Crippen LogP contribution in [0.3, 0.4) is 0 Å². The van der Waals surface area contributed by atoms with Crippen molar-refractivity contribution in [3.05, 3.63) is 24.3 Å². The molecule has 1 rings (SSSR count). The van der Waals surface area contributed by atoms with E-state index in [2.05, 4.69) is 38.2 Å². The fraction of sp³-hybridized carbons (Fsp3) is 0.903. The maximum atomic E-state index is 13.4. The molecule has 0 aromatic heterocycles. The molecule has 0 aromatic rings. The zero-order valence-corrected chi connectivity index (χ0v) is 47.5. The van der Waals surface area contributed by atoms with Gasteiger partial charge in [-0.25, -0.2) is 0 Å². The number of aliphatic hydroxyl groups excluding tert-OH is 5. The third-order valence-corrected chi connectivity index (χ3v) is 14.9. The molecule has 1 heterocycles. The van der Waals surface area contributed by atoms with E-state index in [-0.39, 0.29) is 19.4 Å². The number of esters is 1. The van der Waals surface area contributed by atoms with Gasteiger partial charge in [0, 0.05) is 6.42 Å². The van der Waals surface area contributed by atoms with Crippen LogP contribution in [0.5, 0.6) is 0 Å². The van der Waals surface area contributed by atoms with Crippen molar-refractivity contribution in [3.63, 3.8) is 0 Å². The summed E-state index contributed by atoms with van der Waals surface area (Å²) in [5.41, 5.74) is 0. The molecular formula is C62H117NO10. The van der Waals surface area contributed by atoms with Crippen molar-refractivity contribution in [1.29, 1.82) is 0 Å². The van der Waals surface area contributed by atoms with Crippen molar-refractivity contribution in [2.24, 2.45) is 0 Å². The summed E-state index contributed by atoms with van der Waals surface area (Å²) in [5.74, 6) is -1.19. The van der Waals surface area contributed by atoms with Crippen molar-refractivity contribution < 1.29 is 49.3 Å². The average Bonchev–Trinajstić information content (AvgIpc) is 3.39. The molecule has 0 radical (unpaired) electrons. The monoisotopic (exact) mass is 1040 g/mol. The van der Waals surface area contributed by atoms with Crippen LogP contribution < -0.4 is 5.32 Å². The van der Waals surface area contributed by atoms with E-state index in [1.165, 1.54) is 180 Å². The zero-order chi connectivity index (χ0) is 53.3. The Morgan fingerprint density at radius 2 is 0.904 bits per heavy atom. The largest absolute Gasteiger partial charge is 0.454 e. The molecule has 8 unspecified atom stereocenters. The van der Waals surface area contributed by atoms with E-state index in [0.717, 1.165) is 70.6 Å². The Bertz CT molecular complexity index is 1280. The smallest absolute Gasteiger partial charge is 0.306 e. The van der Waals surface area contributed by atoms with Crippen LogP contribution in [0.2, 0.25) is 0 Å². The molecule has 8 atom stereocenters. The number of allylic oxidation sites excluding steroid dienone is 3. The molecule has 1 amide bonds. The molecule has 0 aliphatic carbocycles. The lowest BCUT2D eigenvalue weighted by molar-refractivity contribution is -0.305. The number of unbranched alkanes of at least 4 members (excludes halogenated alkanes) is 37. The Morgan fingerprint density at radius 1 is 0.521 bits per heavy atom. The Morgan fingerprint density at radius 3 is 1.34 bits per heavy atom. The molecule has 0 spiro atoms. The van der Waals surface area contributed by atoms with Crippen LogP contribution in [0, 0.1) is 0 Å². The maximum Gasteiger partial charge on any atom is 0.306 e. The standard InChI is InChI=1S/C62H117NO10/c1-4-7-10-13-16-19-22-24-26-27-28-29-30-32-35-38-41-44-47-50-57(67)73-60-59(69)58(68)56(51-64)72-62(60)71-52-53(54(65)48-45-42-39-36-33-21-18-15-12-9-6-3)63-61(70)55(66)49-46-43-40-37-34-31-25-23-20-17-14-11-8-5-2/h20,23,45,48,53-56,58-60,62,64-66,68-69H,4-19,21-22,24-44,46-47,49-52H2,1-3H3,(H,63,70)/b23-20-,48-45+. The summed E-state index contributed by atoms with van der Waals surface area (Å²) in [7, 11) is 0. The number of amides is 1. The van der Waals surface area contributed by atoms with Gasteiger partial charge in [-0.3, -0.25) is 9.59 Å². The molecule has 0 saturated carbocycles. The van der Waals surface area contributed by atoms with Crippen molar-refractivity contribution >= 4 is 11.9 Å². The molecular weight excluding hydrogens is 919 g/mol. The Labute approximate surface area is 448 Å². The van der Waals surface area contributed by atoms with Crippen molar-refractivity contribution in [3.8, 4) is 0 Å². The van der Waals surface area contributed by atoms with E-state index >= 15 is 0 Å². The number of rotatable bonds is 53. The van der Waals surface area contributed by atoms with E-state index in [0.29, 0.717) is 12.8 Å². The number of hydrogen-bond donors (Lipinski definition) is 6. The first-order valence-electron chi connectivity index (χ1n) is 31.1. The van der Waals surface area contributed by atoms with Crippen LogP contribution in [0.15, 0.2) is 24.3 Å². The van der Waals surface area contributed by atoms with Gasteiger partial charge in [0.25, 0.3) is 0 Å². The van der Waals surface area contributed by atoms with Crippen LogP contribution in [-0.4, -0.2) is 99.6 Å². The molecule has 0 aromatic carbocycles. The lowest BCUT2D eigenvalue weighted by atomic mass is 9.99. The Balaban J connectivity index is 2.64. The fourth-order valence-corrected chi connectivity index (χ4v) is 9.88. The van der Waals surface area contributed by atoms with Crippen LogP contribution in [0.25, 0.3) is 0 Å². The summed E-state index contributed by atoms with van der Waals surface area (Å²) in [5, 5.41) is 56.9. The SMILES string of the molecule is CCCCCC/C=C\CCCCCCCCC(O)C(=O)NC(COC1OC(CO)C(O)C(O)C1OC(=O)CCCCCCCCCCCCCCCCCCCCC)C(O)/C=C/CCCCCCCCCCC. The van der Waals surface area contributed by atoms with Gasteiger partial charge < -0.3 is 45.1 Å². The first-order valence-corrected chi connectivity index (χ1v) is 31.1. The quantitative estimate of drug-likeness (QED) is 0.0195. The Kier molecular flexibility index (Phi) is 48.2. The van der Waals surface area contributed by atoms with Crippen molar-refractivity contribution in [2.45, 2.75) is 346 Å². The third-order valence-electron chi connectivity index (χ3n) is 14.9. The zero-order valence-electron chi connectivity index (χ0n) is 47.5. The number of aliphatic hydroxyl groups is 5. The number of carbonyl (C=O) groups is 2. The maximum absolute atomic E-state index is 13.4. The first-order chi connectivity index (χ1) is 35.7. The van der Waals surface area contributed by atoms with Gasteiger partial charge in [-0.15, -0.1) is 0 Å². The molecule has 430 valence electrons. The molecule has 11 heteroatoms. The predicted octanol–water partition coefficient (Wildman–Crippen LogP) is 14.5. The van der Waals surface area contributed by atoms with E-state index in [1.54, 1.807) is 6.08 Å². The van der Waals surface area contributed by atoms with Crippen LogP contribution in [0.4, 0.5) is 0 Å². The summed E-state index contributed by atoms with van der Waals surface area (Å²) in [6.45, 7) is 5.79. The van der Waals surface area contributed by atoms with Gasteiger partial charge in [-0.05, 0) is 51.4 Å². The van der Waals surface area contributed by atoms with E-state index in [1.807, 2.05) is 6.08 Å². The number of hydrogen-bond acceptors (Lipinski definition) is 10. The number of carbonyl (C=O) groups excluding carboxylic acids is 2. The van der Waals surface area contributed by atoms with Crippen LogP contribution in [0.1, 0.15) is 297 Å². The van der Waals surface area contributed by atoms with E-state index in [4.69, 9.17) is 14.2 Å². The van der Waals surface area contributed by atoms with E-state index in [9.17, 15) is 35.1 Å². The van der Waals surface area contributed by atoms with Gasteiger partial charge >= 0.3 is 5.97 Å². The van der Waals surface area contributed by atoms with Crippen molar-refractivity contribution in [2.75, 3.05) is 13.2 Å². The summed E-state index contributed by atoms with van der Waals surface area (Å²) in [4.78, 5) is 26.5. The van der Waals surface area contributed by atoms with Crippen LogP contribution >= 0.6 is 0 Å². The summed E-state index contributed by atoms with van der Waals surface area (Å²) in [6, 6.07) is -1.02. The van der Waals surface area contributed by atoms with Gasteiger partial charge in [0.2, 0.25) is 5.91 Å². The highest BCUT2D eigenvalue weighted by Gasteiger charge is 2.47. The molecule has 1 aliphatic heterocycles. The minimum Gasteiger partial charge on any atom is -0.454 e. The second-order valence-corrected chi connectivity index (χ2v) is 21.8. The number of nitrogens with one attached hydrogen (secondary N) is 1. The second kappa shape index (κ2) is 50.9. The second-order valence-electron chi connectivity index (χ2n) is 21.8. The lowest BCUT2D eigenvalue weighted by Crippen LogP contribution is -2.61. The topological polar surface area (TPSA) is 175 Å². The van der Waals surface area contributed by atoms with E-state index < -0.39 is 67.4 Å². The highest BCUT2D eigenvalue weighted by atomic mass is 16.7. The van der Waals surface area contributed by atoms with Crippen LogP contribution in [-0.2, 0) is 23.8 Å². The van der Waals surface area contributed by atoms with Gasteiger partial charge in [0.15, 0.2) is 12.4 Å². The van der Waals surface area contributed by atoms with Gasteiger partial charge in [-0.1, -0.05) is 263 Å². The highest BCUT2D eigenvalue weighted by Crippen LogP contribution is 2.26. The molecule has 73 heavy (non-hydrogen) atoms. The lowest BCUT2D eigenvalue weighted by Gasteiger charge is -2.41. The minimum absolute atomic E-state index is 0.129. The van der Waals surface area contributed by atoms with Crippen molar-refractivity contribution in [1.82, 2.24) is 5.32 Å². The van der Waals surface area contributed by atoms with Gasteiger partial charge in [0.1, 0.15) is 24.4 Å². The molecule has 11 nitrogen and oxygen atoms in total. The average molecular weight is 1040 g/mol. The van der Waals surface area contributed by atoms with Gasteiger partial charge in [0.05, 0.1) is 25.4 Å². The molecule has 6 N–H and O–H groups in total. The normalized spacial score (nSPS) is 19.5. The summed E-state index contributed by atoms with van der Waals surface area (Å²) in [6.07, 6.45) is 47.9. The first kappa shape index (κ1) is 69.2.